The molecule has 1 rings (SSSR count). The number of hydrogen-bond donors (Lipinski definition) is 5. The minimum Gasteiger partial charge on any atom is -0.352 e. The van der Waals surface area contributed by atoms with Crippen LogP contribution in [0.1, 0.15) is 24.5 Å². The van der Waals surface area contributed by atoms with Crippen LogP contribution in [0.2, 0.25) is 0 Å². The maximum Gasteiger partial charge on any atom is 0.416 e. The van der Waals surface area contributed by atoms with E-state index in [0.29, 0.717) is 25.1 Å². The average molecular weight is 461 g/mol. The number of rotatable bonds is 12. The molecule has 0 spiro atoms. The van der Waals surface area contributed by atoms with Gasteiger partial charge in [-0.1, -0.05) is 12.1 Å². The van der Waals surface area contributed by atoms with E-state index >= 15 is 0 Å². The van der Waals surface area contributed by atoms with Gasteiger partial charge in [0.2, 0.25) is 17.7 Å². The summed E-state index contributed by atoms with van der Waals surface area (Å²) in [5.74, 6) is -1.52. The Hall–Kier alpha value is -2.70. The highest BCUT2D eigenvalue weighted by Crippen LogP contribution is 2.29. The molecule has 0 aliphatic carbocycles. The minimum atomic E-state index is -4.41. The molecule has 1 unspecified atom stereocenters. The van der Waals surface area contributed by atoms with E-state index < -0.39 is 29.6 Å². The molecule has 0 aromatic heterocycles. The Labute approximate surface area is 184 Å². The van der Waals surface area contributed by atoms with Gasteiger partial charge < -0.3 is 32.7 Å². The van der Waals surface area contributed by atoms with Crippen LogP contribution in [0.15, 0.2) is 24.3 Å². The van der Waals surface area contributed by atoms with Gasteiger partial charge in [0.25, 0.3) is 0 Å². The molecule has 0 saturated heterocycles. The molecule has 0 fully saturated rings. The second kappa shape index (κ2) is 13.0. The summed E-state index contributed by atoms with van der Waals surface area (Å²) in [6.07, 6.45) is -4.35. The van der Waals surface area contributed by atoms with Crippen LogP contribution >= 0.6 is 0 Å². The Morgan fingerprint density at radius 1 is 1.06 bits per heavy atom. The molecule has 0 radical (unpaired) electrons. The van der Waals surface area contributed by atoms with Crippen molar-refractivity contribution in [1.29, 1.82) is 0 Å². The number of nitrogens with two attached hydrogens (primary N) is 3. The summed E-state index contributed by atoms with van der Waals surface area (Å²) in [7, 11) is 0. The first-order valence-corrected chi connectivity index (χ1v) is 10.1. The van der Waals surface area contributed by atoms with Crippen molar-refractivity contribution in [1.82, 2.24) is 15.5 Å². The lowest BCUT2D eigenvalue weighted by atomic mass is 10.0. The molecule has 0 aliphatic heterocycles. The number of amides is 3. The predicted octanol–water partition coefficient (Wildman–Crippen LogP) is -0.668. The molecule has 1 aromatic rings. The summed E-state index contributed by atoms with van der Waals surface area (Å²) in [6.45, 7) is 2.42. The Bertz CT molecular complexity index is 752. The van der Waals surface area contributed by atoms with E-state index in [9.17, 15) is 27.6 Å². The molecule has 0 bridgehead atoms. The average Bonchev–Trinajstić information content (AvgIpc) is 2.71. The minimum absolute atomic E-state index is 0.248. The van der Waals surface area contributed by atoms with Crippen LogP contribution < -0.4 is 27.8 Å². The van der Waals surface area contributed by atoms with Crippen LogP contribution in [0.4, 0.5) is 13.2 Å². The lowest BCUT2D eigenvalue weighted by Gasteiger charge is -2.22. The molecular formula is C20H31F3N6O3. The maximum atomic E-state index is 12.6. The molecule has 0 heterocycles. The number of hydrogen-bond acceptors (Lipinski definition) is 6. The highest BCUT2D eigenvalue weighted by atomic mass is 19.4. The summed E-state index contributed by atoms with van der Waals surface area (Å²) in [4.78, 5) is 37.7. The number of carbonyl (C=O) groups is 3. The zero-order valence-electron chi connectivity index (χ0n) is 18.0. The van der Waals surface area contributed by atoms with Crippen molar-refractivity contribution in [2.75, 3.05) is 32.7 Å². The van der Waals surface area contributed by atoms with Gasteiger partial charge in [0.15, 0.2) is 0 Å². The van der Waals surface area contributed by atoms with E-state index in [2.05, 4.69) is 10.6 Å². The van der Waals surface area contributed by atoms with Crippen LogP contribution in [0, 0.1) is 0 Å². The topological polar surface area (TPSA) is 157 Å². The van der Waals surface area contributed by atoms with Crippen molar-refractivity contribution in [2.45, 2.75) is 38.0 Å². The molecule has 180 valence electrons. The Morgan fingerprint density at radius 3 is 2.12 bits per heavy atom. The van der Waals surface area contributed by atoms with Gasteiger partial charge in [0.05, 0.1) is 24.6 Å². The van der Waals surface area contributed by atoms with Crippen molar-refractivity contribution in [3.63, 3.8) is 0 Å². The summed E-state index contributed by atoms with van der Waals surface area (Å²) in [6, 6.07) is 3.14. The van der Waals surface area contributed by atoms with Gasteiger partial charge in [-0.25, -0.2) is 0 Å². The van der Waals surface area contributed by atoms with Gasteiger partial charge in [0.1, 0.15) is 0 Å². The quantitative estimate of drug-likeness (QED) is 0.279. The monoisotopic (exact) mass is 460 g/mol. The van der Waals surface area contributed by atoms with Crippen LogP contribution in [-0.4, -0.2) is 67.4 Å². The van der Waals surface area contributed by atoms with Crippen LogP contribution in [0.3, 0.4) is 0 Å². The number of halogens is 3. The predicted molar refractivity (Wildman–Crippen MR) is 113 cm³/mol. The zero-order valence-corrected chi connectivity index (χ0v) is 18.0. The fourth-order valence-electron chi connectivity index (χ4n) is 2.94. The standard InChI is InChI=1S/C20H31F3N6O3/c1-13(10-14-2-4-15(5-3-14)20(21,22)23)28-17(30)12-27-19(32)16(26)11-18(31)29(8-6-24)9-7-25/h2-5,13,16H,6-12,24-26H2,1H3,(H,27,32)(H,28,30)/t13-,16?/m0/s1. The van der Waals surface area contributed by atoms with E-state index in [4.69, 9.17) is 17.2 Å². The van der Waals surface area contributed by atoms with Crippen molar-refractivity contribution in [3.05, 3.63) is 35.4 Å². The number of benzene rings is 1. The second-order valence-electron chi connectivity index (χ2n) is 7.35. The molecule has 0 saturated carbocycles. The number of alkyl halides is 3. The molecule has 32 heavy (non-hydrogen) atoms. The Kier molecular flexibility index (Phi) is 11.1. The van der Waals surface area contributed by atoms with Crippen molar-refractivity contribution in [3.8, 4) is 0 Å². The second-order valence-corrected chi connectivity index (χ2v) is 7.35. The fourth-order valence-corrected chi connectivity index (χ4v) is 2.94. The number of nitrogens with zero attached hydrogens (tertiary/aromatic N) is 1. The van der Waals surface area contributed by atoms with E-state index in [0.717, 1.165) is 12.1 Å². The summed E-state index contributed by atoms with van der Waals surface area (Å²) in [5.41, 5.74) is 16.5. The van der Waals surface area contributed by atoms with Gasteiger partial charge in [-0.05, 0) is 31.0 Å². The van der Waals surface area contributed by atoms with Crippen molar-refractivity contribution >= 4 is 17.7 Å². The van der Waals surface area contributed by atoms with E-state index in [1.807, 2.05) is 0 Å². The highest BCUT2D eigenvalue weighted by Gasteiger charge is 2.30. The van der Waals surface area contributed by atoms with Gasteiger partial charge >= 0.3 is 6.18 Å². The largest absolute Gasteiger partial charge is 0.416 e. The van der Waals surface area contributed by atoms with Gasteiger partial charge in [-0.3, -0.25) is 14.4 Å². The smallest absolute Gasteiger partial charge is 0.352 e. The number of nitrogens with one attached hydrogen (secondary N) is 2. The third kappa shape index (κ3) is 9.62. The third-order valence-electron chi connectivity index (χ3n) is 4.54. The maximum absolute atomic E-state index is 12.6. The lowest BCUT2D eigenvalue weighted by molar-refractivity contribution is -0.137. The summed E-state index contributed by atoms with van der Waals surface area (Å²) in [5, 5.41) is 5.00. The molecule has 0 aliphatic rings. The van der Waals surface area contributed by atoms with E-state index in [1.165, 1.54) is 17.0 Å². The molecular weight excluding hydrogens is 429 g/mol. The van der Waals surface area contributed by atoms with Gasteiger partial charge in [-0.15, -0.1) is 0 Å². The van der Waals surface area contributed by atoms with Gasteiger partial charge in [-0.2, -0.15) is 13.2 Å². The first kappa shape index (κ1) is 27.3. The first-order valence-electron chi connectivity index (χ1n) is 10.1. The summed E-state index contributed by atoms with van der Waals surface area (Å²) >= 11 is 0. The first-order chi connectivity index (χ1) is 15.0. The van der Waals surface area contributed by atoms with Gasteiger partial charge in [0, 0.05) is 32.2 Å². The molecule has 2 atom stereocenters. The summed E-state index contributed by atoms with van der Waals surface area (Å²) < 4.78 is 37.8. The molecule has 3 amide bonds. The molecule has 12 heteroatoms. The Morgan fingerprint density at radius 2 is 1.62 bits per heavy atom. The SMILES string of the molecule is C[C@@H](Cc1ccc(C(F)(F)F)cc1)NC(=O)CNC(=O)C(N)CC(=O)N(CCN)CCN. The van der Waals surface area contributed by atoms with Crippen molar-refractivity contribution in [2.24, 2.45) is 17.2 Å². The highest BCUT2D eigenvalue weighted by molar-refractivity contribution is 5.90. The van der Waals surface area contributed by atoms with Crippen LogP contribution in [0.5, 0.6) is 0 Å². The third-order valence-corrected chi connectivity index (χ3v) is 4.54. The van der Waals surface area contributed by atoms with E-state index in [1.54, 1.807) is 6.92 Å². The molecule has 8 N–H and O–H groups in total. The fraction of sp³-hybridized carbons (Fsp3) is 0.550. The van der Waals surface area contributed by atoms with Crippen LogP contribution in [-0.2, 0) is 27.0 Å². The lowest BCUT2D eigenvalue weighted by Crippen LogP contribution is -2.49. The van der Waals surface area contributed by atoms with Crippen molar-refractivity contribution < 1.29 is 27.6 Å². The Balaban J connectivity index is 2.44. The van der Waals surface area contributed by atoms with Crippen LogP contribution in [0.25, 0.3) is 0 Å². The molecule has 9 nitrogen and oxygen atoms in total. The normalized spacial score (nSPS) is 13.2. The number of carbonyl (C=O) groups excluding carboxylic acids is 3. The zero-order chi connectivity index (χ0) is 24.3. The van der Waals surface area contributed by atoms with E-state index in [-0.39, 0.29) is 38.0 Å². The molecule has 1 aromatic carbocycles.